The first-order chi connectivity index (χ1) is 22.9. The zero-order valence-corrected chi connectivity index (χ0v) is 31.3. The molecule has 1 unspecified atom stereocenters. The van der Waals surface area contributed by atoms with Gasteiger partial charge in [0.15, 0.2) is 0 Å². The zero-order valence-electron chi connectivity index (χ0n) is 30.4. The maximum Gasteiger partial charge on any atom is 0.410 e. The quantitative estimate of drug-likeness (QED) is 0.142. The third-order valence-corrected chi connectivity index (χ3v) is 10.8. The topological polar surface area (TPSA) is 183 Å². The predicted octanol–water partition coefficient (Wildman–Crippen LogP) is 3.99. The van der Waals surface area contributed by atoms with Gasteiger partial charge in [-0.3, -0.25) is 28.6 Å². The number of nitrogens with one attached hydrogen (secondary N) is 4. The standard InChI is InChI=1S/C35H58N5O8P/c1-22(2)17-27(31(41)38-28(18-23(3)4)32(42)36-8)21-49(46,47)25(7)37-33(43)29(19-24(5)6)39-34(44)30-15-12-16-40(30)35(45)48-20-26-13-10-9-11-14-26/h9-11,13-14,22-25,27-30H,12,15-21H2,1-8H3,(H,36,42)(H,37,43)(H,38,41)(H,39,44)(H,46,47)/t25-,27+,28-,29+,30-/m0/s1. The summed E-state index contributed by atoms with van der Waals surface area (Å²) in [5.41, 5.74) is 0.815. The summed E-state index contributed by atoms with van der Waals surface area (Å²) in [6.07, 6.45) is 0.936. The summed E-state index contributed by atoms with van der Waals surface area (Å²) < 4.78 is 19.1. The van der Waals surface area contributed by atoms with Gasteiger partial charge in [-0.15, -0.1) is 0 Å². The normalized spacial score (nSPS) is 18.3. The minimum Gasteiger partial charge on any atom is -0.445 e. The Hall–Kier alpha value is -3.44. The largest absolute Gasteiger partial charge is 0.445 e. The van der Waals surface area contributed by atoms with Crippen LogP contribution in [0.3, 0.4) is 0 Å². The van der Waals surface area contributed by atoms with E-state index in [1.165, 1.54) is 18.9 Å². The SMILES string of the molecule is CNC(=O)[C@H](CC(C)C)NC(=O)[C@H](CC(C)C)CP(=O)(O)[C@@H](C)NC(=O)[C@@H](CC(C)C)NC(=O)[C@@H]1CCCN1C(=O)OCc1ccccc1. The van der Waals surface area contributed by atoms with E-state index in [-0.39, 0.29) is 36.7 Å². The van der Waals surface area contributed by atoms with Gasteiger partial charge in [0.05, 0.1) is 0 Å². The number of hydrogen-bond donors (Lipinski definition) is 5. The fraction of sp³-hybridized carbons (Fsp3) is 0.686. The molecule has 1 saturated heterocycles. The number of amides is 5. The zero-order chi connectivity index (χ0) is 36.9. The van der Waals surface area contributed by atoms with Gasteiger partial charge in [-0.1, -0.05) is 71.9 Å². The molecular weight excluding hydrogens is 649 g/mol. The van der Waals surface area contributed by atoms with Gasteiger partial charge < -0.3 is 30.9 Å². The predicted molar refractivity (Wildman–Crippen MR) is 188 cm³/mol. The van der Waals surface area contributed by atoms with Crippen LogP contribution in [0.1, 0.15) is 86.1 Å². The van der Waals surface area contributed by atoms with Gasteiger partial charge in [-0.2, -0.15) is 0 Å². The van der Waals surface area contributed by atoms with Gasteiger partial charge >= 0.3 is 6.09 Å². The first-order valence-electron chi connectivity index (χ1n) is 17.4. The van der Waals surface area contributed by atoms with Crippen molar-refractivity contribution in [3.63, 3.8) is 0 Å². The number of hydrogen-bond acceptors (Lipinski definition) is 7. The van der Waals surface area contributed by atoms with Crippen LogP contribution in [0.25, 0.3) is 0 Å². The molecule has 276 valence electrons. The minimum atomic E-state index is -4.17. The Morgan fingerprint density at radius 1 is 0.837 bits per heavy atom. The van der Waals surface area contributed by atoms with Crippen LogP contribution in [-0.2, 0) is 35.1 Å². The Balaban J connectivity index is 2.12. The van der Waals surface area contributed by atoms with E-state index >= 15 is 0 Å². The summed E-state index contributed by atoms with van der Waals surface area (Å²) in [7, 11) is -2.68. The lowest BCUT2D eigenvalue weighted by Gasteiger charge is -2.29. The van der Waals surface area contributed by atoms with E-state index in [0.717, 1.165) is 5.56 Å². The molecule has 49 heavy (non-hydrogen) atoms. The Morgan fingerprint density at radius 2 is 1.41 bits per heavy atom. The monoisotopic (exact) mass is 707 g/mol. The van der Waals surface area contributed by atoms with Gasteiger partial charge in [0.2, 0.25) is 31.0 Å². The molecule has 2 rings (SSSR count). The molecule has 0 bridgehead atoms. The highest BCUT2D eigenvalue weighted by molar-refractivity contribution is 7.58. The lowest BCUT2D eigenvalue weighted by molar-refractivity contribution is -0.131. The molecule has 5 N–H and O–H groups in total. The first kappa shape index (κ1) is 41.7. The number of likely N-dealkylation sites (N-methyl/N-ethyl adjacent to an activating group) is 1. The van der Waals surface area contributed by atoms with E-state index in [9.17, 15) is 33.4 Å². The molecule has 1 aliphatic rings. The van der Waals surface area contributed by atoms with Crippen molar-refractivity contribution in [1.82, 2.24) is 26.2 Å². The molecule has 0 aromatic heterocycles. The Morgan fingerprint density at radius 3 is 1.96 bits per heavy atom. The maximum atomic E-state index is 13.7. The number of carbonyl (C=O) groups excluding carboxylic acids is 5. The molecule has 1 aromatic rings. The molecule has 0 spiro atoms. The molecule has 13 nitrogen and oxygen atoms in total. The molecule has 0 saturated carbocycles. The summed E-state index contributed by atoms with van der Waals surface area (Å²) >= 11 is 0. The third-order valence-electron chi connectivity index (χ3n) is 8.49. The molecule has 14 heteroatoms. The number of ether oxygens (including phenoxy) is 1. The van der Waals surface area contributed by atoms with Crippen molar-refractivity contribution in [3.8, 4) is 0 Å². The molecule has 6 atom stereocenters. The smallest absolute Gasteiger partial charge is 0.410 e. The first-order valence-corrected chi connectivity index (χ1v) is 19.3. The van der Waals surface area contributed by atoms with Crippen LogP contribution in [0.2, 0.25) is 0 Å². The van der Waals surface area contributed by atoms with Crippen LogP contribution in [0.5, 0.6) is 0 Å². The lowest BCUT2D eigenvalue weighted by atomic mass is 9.96. The number of benzene rings is 1. The summed E-state index contributed by atoms with van der Waals surface area (Å²) in [5, 5.41) is 10.7. The summed E-state index contributed by atoms with van der Waals surface area (Å²) in [6, 6.07) is 6.56. The van der Waals surface area contributed by atoms with Gasteiger partial charge in [0, 0.05) is 25.7 Å². The van der Waals surface area contributed by atoms with Gasteiger partial charge in [-0.25, -0.2) is 4.79 Å². The molecule has 0 radical (unpaired) electrons. The van der Waals surface area contributed by atoms with Crippen molar-refractivity contribution >= 4 is 37.1 Å². The number of carbonyl (C=O) groups is 5. The summed E-state index contributed by atoms with van der Waals surface area (Å²) in [4.78, 5) is 78.2. The second-order valence-corrected chi connectivity index (χ2v) is 17.0. The van der Waals surface area contributed by atoms with E-state index in [0.29, 0.717) is 32.2 Å². The summed E-state index contributed by atoms with van der Waals surface area (Å²) in [5.74, 6) is -3.97. The van der Waals surface area contributed by atoms with Crippen molar-refractivity contribution in [2.24, 2.45) is 23.7 Å². The van der Waals surface area contributed by atoms with Crippen LogP contribution < -0.4 is 21.3 Å². The average Bonchev–Trinajstić information content (AvgIpc) is 3.52. The lowest BCUT2D eigenvalue weighted by Crippen LogP contribution is -2.54. The molecular formula is C35H58N5O8P. The fourth-order valence-electron chi connectivity index (χ4n) is 5.91. The van der Waals surface area contributed by atoms with Crippen molar-refractivity contribution in [2.75, 3.05) is 19.8 Å². The van der Waals surface area contributed by atoms with Gasteiger partial charge in [0.25, 0.3) is 0 Å². The second kappa shape index (κ2) is 19.7. The molecule has 1 heterocycles. The minimum absolute atomic E-state index is 0.0129. The van der Waals surface area contributed by atoms with Crippen LogP contribution in [0.15, 0.2) is 30.3 Å². The number of likely N-dealkylation sites (tertiary alicyclic amines) is 1. The Bertz CT molecular complexity index is 1310. The highest BCUT2D eigenvalue weighted by atomic mass is 31.2. The highest BCUT2D eigenvalue weighted by Crippen LogP contribution is 2.47. The van der Waals surface area contributed by atoms with E-state index in [4.69, 9.17) is 4.74 Å². The number of rotatable bonds is 18. The molecule has 1 fully saturated rings. The molecule has 1 aromatic carbocycles. The maximum absolute atomic E-state index is 13.7. The van der Waals surface area contributed by atoms with E-state index in [2.05, 4.69) is 21.3 Å². The van der Waals surface area contributed by atoms with E-state index in [1.807, 2.05) is 71.9 Å². The van der Waals surface area contributed by atoms with Crippen molar-refractivity contribution < 1.29 is 38.2 Å². The van der Waals surface area contributed by atoms with Crippen LogP contribution in [0, 0.1) is 23.7 Å². The average molecular weight is 708 g/mol. The highest BCUT2D eigenvalue weighted by Gasteiger charge is 2.39. The second-order valence-electron chi connectivity index (χ2n) is 14.3. The molecule has 5 amide bonds. The van der Waals surface area contributed by atoms with Crippen LogP contribution in [-0.4, -0.2) is 83.2 Å². The van der Waals surface area contributed by atoms with Crippen LogP contribution in [0.4, 0.5) is 4.79 Å². The molecule has 1 aliphatic heterocycles. The number of nitrogens with zero attached hydrogens (tertiary/aromatic N) is 1. The Labute approximate surface area is 291 Å². The van der Waals surface area contributed by atoms with Crippen LogP contribution >= 0.6 is 7.37 Å². The van der Waals surface area contributed by atoms with Gasteiger partial charge in [0.1, 0.15) is 30.5 Å². The van der Waals surface area contributed by atoms with E-state index in [1.54, 1.807) is 0 Å². The van der Waals surface area contributed by atoms with Crippen molar-refractivity contribution in [3.05, 3.63) is 35.9 Å². The third kappa shape index (κ3) is 13.8. The summed E-state index contributed by atoms with van der Waals surface area (Å²) in [6.45, 7) is 13.2. The van der Waals surface area contributed by atoms with Gasteiger partial charge in [-0.05, 0) is 62.3 Å². The van der Waals surface area contributed by atoms with Crippen molar-refractivity contribution in [1.29, 1.82) is 0 Å². The molecule has 0 aliphatic carbocycles. The van der Waals surface area contributed by atoms with Crippen molar-refractivity contribution in [2.45, 2.75) is 111 Å². The Kier molecular flexibility index (Phi) is 16.8. The van der Waals surface area contributed by atoms with E-state index < -0.39 is 67.2 Å². The fourth-order valence-corrected chi connectivity index (χ4v) is 7.50.